The van der Waals surface area contributed by atoms with Gasteiger partial charge in [0, 0.05) is 32.4 Å². The number of halogens is 3. The average Bonchev–Trinajstić information content (AvgIpc) is 2.78. The van der Waals surface area contributed by atoms with Gasteiger partial charge in [-0.1, -0.05) is 19.4 Å². The van der Waals surface area contributed by atoms with E-state index in [1.165, 1.54) is 34.8 Å². The average molecular weight is 465 g/mol. The van der Waals surface area contributed by atoms with Crippen molar-refractivity contribution in [2.45, 2.75) is 51.7 Å². The topological polar surface area (TPSA) is 93.4 Å². The number of pyridine rings is 2. The molecule has 1 fully saturated rings. The summed E-state index contributed by atoms with van der Waals surface area (Å²) < 4.78 is 43.1. The smallest absolute Gasteiger partial charge is 0.395 e. The Bertz CT molecular complexity index is 1050. The number of nitrogens with two attached hydrogens (primary N) is 2. The Hall–Kier alpha value is -3.01. The molecule has 4 N–H and O–H groups in total. The fourth-order valence-corrected chi connectivity index (χ4v) is 4.04. The molecular weight excluding hydrogens is 433 g/mol. The lowest BCUT2D eigenvalue weighted by Gasteiger charge is -2.31. The quantitative estimate of drug-likeness (QED) is 0.482. The van der Waals surface area contributed by atoms with Gasteiger partial charge in [-0.05, 0) is 43.4 Å². The highest BCUT2D eigenvalue weighted by molar-refractivity contribution is 5.65. The van der Waals surface area contributed by atoms with Crippen molar-refractivity contribution in [3.63, 3.8) is 0 Å². The number of likely N-dealkylation sites (N-methyl/N-ethyl adjacent to an activating group) is 1. The highest BCUT2D eigenvalue weighted by Crippen LogP contribution is 2.37. The summed E-state index contributed by atoms with van der Waals surface area (Å²) in [4.78, 5) is 18.0. The van der Waals surface area contributed by atoms with Gasteiger partial charge in [0.25, 0.3) is 5.56 Å². The Morgan fingerprint density at radius 1 is 1.15 bits per heavy atom. The van der Waals surface area contributed by atoms with Crippen LogP contribution in [0.2, 0.25) is 0 Å². The number of aryl methyl sites for hydroxylation is 1. The minimum absolute atomic E-state index is 0.00608. The zero-order chi connectivity index (χ0) is 24.2. The van der Waals surface area contributed by atoms with E-state index < -0.39 is 11.9 Å². The summed E-state index contributed by atoms with van der Waals surface area (Å²) >= 11 is 0. The minimum atomic E-state index is -4.64. The predicted molar refractivity (Wildman–Crippen MR) is 123 cm³/mol. The number of hydrazine groups is 1. The lowest BCUT2D eigenvalue weighted by Crippen LogP contribution is -2.33. The van der Waals surface area contributed by atoms with Gasteiger partial charge in [0.15, 0.2) is 5.69 Å². The Morgan fingerprint density at radius 3 is 2.45 bits per heavy atom. The van der Waals surface area contributed by atoms with Gasteiger partial charge >= 0.3 is 6.18 Å². The number of hydrogen-bond acceptors (Lipinski definition) is 6. The predicted octanol–water partition coefficient (Wildman–Crippen LogP) is 3.34. The zero-order valence-corrected chi connectivity index (χ0v) is 19.0. The molecule has 0 unspecified atom stereocenters. The maximum absolute atomic E-state index is 13.9. The SMILES string of the molecule is CCCc1ccc(=O)n(C/C(=C(/N)c2ccc(N3CCCCC3)c(C(F)(F)F)n2)N(C)N)c1. The molecule has 0 spiro atoms. The normalized spacial score (nSPS) is 15.4. The van der Waals surface area contributed by atoms with Gasteiger partial charge in [0.1, 0.15) is 0 Å². The Kier molecular flexibility index (Phi) is 7.68. The van der Waals surface area contributed by atoms with Gasteiger partial charge in [-0.2, -0.15) is 13.2 Å². The fourth-order valence-electron chi connectivity index (χ4n) is 4.04. The van der Waals surface area contributed by atoms with Crippen molar-refractivity contribution in [1.82, 2.24) is 14.6 Å². The largest absolute Gasteiger partial charge is 0.435 e. The highest BCUT2D eigenvalue weighted by atomic mass is 19.4. The van der Waals surface area contributed by atoms with E-state index in [1.54, 1.807) is 17.2 Å². The van der Waals surface area contributed by atoms with Crippen LogP contribution in [0.4, 0.5) is 18.9 Å². The van der Waals surface area contributed by atoms with Crippen LogP contribution in [0.25, 0.3) is 5.70 Å². The summed E-state index contributed by atoms with van der Waals surface area (Å²) in [6, 6.07) is 6.13. The molecule has 1 aliphatic rings. The molecule has 180 valence electrons. The first-order valence-corrected chi connectivity index (χ1v) is 11.1. The van der Waals surface area contributed by atoms with Crippen LogP contribution in [-0.2, 0) is 19.1 Å². The summed E-state index contributed by atoms with van der Waals surface area (Å²) in [6.07, 6.45) is 1.48. The lowest BCUT2D eigenvalue weighted by atomic mass is 10.1. The molecule has 0 amide bonds. The number of rotatable bonds is 7. The van der Waals surface area contributed by atoms with Crippen LogP contribution >= 0.6 is 0 Å². The van der Waals surface area contributed by atoms with Crippen LogP contribution in [0.15, 0.2) is 41.0 Å². The van der Waals surface area contributed by atoms with Crippen molar-refractivity contribution in [3.05, 3.63) is 63.5 Å². The van der Waals surface area contributed by atoms with E-state index >= 15 is 0 Å². The number of anilines is 1. The van der Waals surface area contributed by atoms with Gasteiger partial charge in [-0.3, -0.25) is 4.79 Å². The molecule has 33 heavy (non-hydrogen) atoms. The highest BCUT2D eigenvalue weighted by Gasteiger charge is 2.37. The van der Waals surface area contributed by atoms with E-state index in [0.717, 1.165) is 37.7 Å². The minimum Gasteiger partial charge on any atom is -0.395 e. The molecule has 1 saturated heterocycles. The molecule has 1 aliphatic heterocycles. The second kappa shape index (κ2) is 10.3. The van der Waals surface area contributed by atoms with Crippen LogP contribution < -0.4 is 22.0 Å². The van der Waals surface area contributed by atoms with E-state index in [4.69, 9.17) is 11.6 Å². The Labute approximate surface area is 191 Å². The fraction of sp³-hybridized carbons (Fsp3) is 0.478. The summed E-state index contributed by atoms with van der Waals surface area (Å²) in [5, 5.41) is 1.21. The molecule has 7 nitrogen and oxygen atoms in total. The lowest BCUT2D eigenvalue weighted by molar-refractivity contribution is -0.140. The number of alkyl halides is 3. The van der Waals surface area contributed by atoms with E-state index in [2.05, 4.69) is 4.98 Å². The molecule has 2 aromatic heterocycles. The Balaban J connectivity index is 2.04. The molecule has 3 heterocycles. The molecule has 0 radical (unpaired) electrons. The second-order valence-electron chi connectivity index (χ2n) is 8.33. The third-order valence-corrected chi connectivity index (χ3v) is 5.76. The first-order valence-electron chi connectivity index (χ1n) is 11.1. The summed E-state index contributed by atoms with van der Waals surface area (Å²) in [6.45, 7) is 3.16. The number of piperidine rings is 1. The summed E-state index contributed by atoms with van der Waals surface area (Å²) in [7, 11) is 1.52. The monoisotopic (exact) mass is 464 g/mol. The van der Waals surface area contributed by atoms with Crippen molar-refractivity contribution in [3.8, 4) is 0 Å². The standard InChI is InChI=1S/C23H31F3N6O/c1-3-7-16-8-11-20(33)32(14-16)15-19(30(2)28)21(27)17-9-10-18(22(29-17)23(24,25)26)31-12-5-4-6-13-31/h8-11,14H,3-7,12-13,15,27-28H2,1-2H3/b21-19-. The van der Waals surface area contributed by atoms with Gasteiger partial charge in [0.2, 0.25) is 0 Å². The van der Waals surface area contributed by atoms with Crippen molar-refractivity contribution in [1.29, 1.82) is 0 Å². The van der Waals surface area contributed by atoms with E-state index in [-0.39, 0.29) is 34.9 Å². The van der Waals surface area contributed by atoms with Gasteiger partial charge in [-0.15, -0.1) is 0 Å². The van der Waals surface area contributed by atoms with Crippen LogP contribution in [0, 0.1) is 0 Å². The van der Waals surface area contributed by atoms with Crippen LogP contribution in [-0.4, -0.2) is 34.7 Å². The second-order valence-corrected chi connectivity index (χ2v) is 8.33. The molecule has 3 rings (SSSR count). The maximum atomic E-state index is 13.9. The molecule has 0 saturated carbocycles. The summed E-state index contributed by atoms with van der Waals surface area (Å²) in [5.74, 6) is 5.96. The van der Waals surface area contributed by atoms with Crippen molar-refractivity contribution in [2.24, 2.45) is 11.6 Å². The van der Waals surface area contributed by atoms with E-state index in [1.807, 2.05) is 6.92 Å². The van der Waals surface area contributed by atoms with Crippen LogP contribution in [0.5, 0.6) is 0 Å². The molecule has 0 atom stereocenters. The Morgan fingerprint density at radius 2 is 1.85 bits per heavy atom. The third kappa shape index (κ3) is 5.87. The number of nitrogens with zero attached hydrogens (tertiary/aromatic N) is 4. The molecule has 0 aromatic carbocycles. The first kappa shape index (κ1) is 24.6. The number of allylic oxidation sites excluding steroid dienone is 1. The van der Waals surface area contributed by atoms with Crippen molar-refractivity contribution < 1.29 is 13.2 Å². The maximum Gasteiger partial charge on any atom is 0.435 e. The van der Waals surface area contributed by atoms with Gasteiger partial charge in [0.05, 0.1) is 29.3 Å². The first-order chi connectivity index (χ1) is 15.6. The zero-order valence-electron chi connectivity index (χ0n) is 19.0. The van der Waals surface area contributed by atoms with E-state index in [0.29, 0.717) is 13.1 Å². The third-order valence-electron chi connectivity index (χ3n) is 5.76. The van der Waals surface area contributed by atoms with Gasteiger partial charge < -0.3 is 20.2 Å². The molecular formula is C23H31F3N6O. The number of hydrogen-bond donors (Lipinski definition) is 2. The van der Waals surface area contributed by atoms with Gasteiger partial charge in [-0.25, -0.2) is 10.8 Å². The van der Waals surface area contributed by atoms with Crippen LogP contribution in [0.1, 0.15) is 49.6 Å². The molecule has 10 heteroatoms. The molecule has 2 aromatic rings. The molecule has 0 aliphatic carbocycles. The molecule has 0 bridgehead atoms. The van der Waals surface area contributed by atoms with Crippen molar-refractivity contribution >= 4 is 11.4 Å². The van der Waals surface area contributed by atoms with E-state index in [9.17, 15) is 18.0 Å². The van der Waals surface area contributed by atoms with Crippen molar-refractivity contribution in [2.75, 3.05) is 25.0 Å². The number of aromatic nitrogens is 2. The summed E-state index contributed by atoms with van der Waals surface area (Å²) in [5.41, 5.74) is 6.32. The van der Waals surface area contributed by atoms with Crippen LogP contribution in [0.3, 0.4) is 0 Å².